The number of nitriles is 1. The Morgan fingerprint density at radius 1 is 1.24 bits per heavy atom. The molecule has 2 aliphatic rings. The third-order valence-corrected chi connectivity index (χ3v) is 3.62. The van der Waals surface area contributed by atoms with Gasteiger partial charge in [0, 0.05) is 19.7 Å². The van der Waals surface area contributed by atoms with E-state index in [0.717, 1.165) is 45.6 Å². The zero-order chi connectivity index (χ0) is 11.9. The van der Waals surface area contributed by atoms with E-state index in [1.165, 1.54) is 12.8 Å². The second-order valence-electron chi connectivity index (χ2n) is 4.96. The highest BCUT2D eigenvalue weighted by Crippen LogP contribution is 2.17. The third kappa shape index (κ3) is 4.27. The second-order valence-corrected chi connectivity index (χ2v) is 4.96. The Hall–Kier alpha value is -0.630. The molecule has 0 aromatic carbocycles. The smallest absolute Gasteiger partial charge is 0.0866 e. The van der Waals surface area contributed by atoms with E-state index >= 15 is 0 Å². The van der Waals surface area contributed by atoms with Gasteiger partial charge < -0.3 is 9.47 Å². The van der Waals surface area contributed by atoms with Gasteiger partial charge in [-0.1, -0.05) is 0 Å². The summed E-state index contributed by atoms with van der Waals surface area (Å²) in [5, 5.41) is 8.62. The van der Waals surface area contributed by atoms with Crippen molar-refractivity contribution in [1.29, 1.82) is 5.26 Å². The average molecular weight is 238 g/mol. The predicted octanol–water partition coefficient (Wildman–Crippen LogP) is 1.56. The highest BCUT2D eigenvalue weighted by molar-refractivity contribution is 4.81. The topological polar surface area (TPSA) is 45.5 Å². The molecule has 0 aromatic rings. The van der Waals surface area contributed by atoms with Crippen molar-refractivity contribution >= 4 is 0 Å². The van der Waals surface area contributed by atoms with Crippen LogP contribution in [0, 0.1) is 11.3 Å². The van der Waals surface area contributed by atoms with Crippen LogP contribution in [-0.4, -0.2) is 50.0 Å². The molecule has 0 spiro atoms. The Balaban J connectivity index is 1.59. The van der Waals surface area contributed by atoms with Crippen molar-refractivity contribution in [2.75, 3.05) is 32.8 Å². The molecule has 0 aliphatic carbocycles. The van der Waals surface area contributed by atoms with E-state index in [2.05, 4.69) is 11.0 Å². The van der Waals surface area contributed by atoms with Crippen LogP contribution in [0.1, 0.15) is 32.1 Å². The number of ether oxygens (including phenoxy) is 2. The zero-order valence-electron chi connectivity index (χ0n) is 10.4. The standard InChI is InChI=1S/C13H22N2O2/c14-6-9-15-7-4-12(5-8-15)17-11-13-3-1-2-10-16-13/h12-13H,1-5,7-11H2/t13-/m0/s1. The molecule has 0 unspecified atom stereocenters. The Morgan fingerprint density at radius 3 is 2.71 bits per heavy atom. The summed E-state index contributed by atoms with van der Waals surface area (Å²) in [7, 11) is 0. The maximum atomic E-state index is 8.62. The van der Waals surface area contributed by atoms with Gasteiger partial charge >= 0.3 is 0 Å². The fourth-order valence-corrected chi connectivity index (χ4v) is 2.52. The van der Waals surface area contributed by atoms with Crippen LogP contribution in [0.2, 0.25) is 0 Å². The van der Waals surface area contributed by atoms with E-state index in [1.54, 1.807) is 0 Å². The van der Waals surface area contributed by atoms with Gasteiger partial charge in [0.2, 0.25) is 0 Å². The molecule has 2 heterocycles. The third-order valence-electron chi connectivity index (χ3n) is 3.62. The fraction of sp³-hybridized carbons (Fsp3) is 0.923. The number of rotatable bonds is 4. The molecule has 2 saturated heterocycles. The summed E-state index contributed by atoms with van der Waals surface area (Å²) in [6.07, 6.45) is 6.41. The minimum Gasteiger partial charge on any atom is -0.376 e. The van der Waals surface area contributed by atoms with Crippen molar-refractivity contribution in [2.24, 2.45) is 0 Å². The largest absolute Gasteiger partial charge is 0.376 e. The number of hydrogen-bond acceptors (Lipinski definition) is 4. The maximum Gasteiger partial charge on any atom is 0.0866 e. The van der Waals surface area contributed by atoms with Crippen LogP contribution in [0.5, 0.6) is 0 Å². The summed E-state index contributed by atoms with van der Waals surface area (Å²) in [6.45, 7) is 4.18. The van der Waals surface area contributed by atoms with Gasteiger partial charge in [-0.3, -0.25) is 4.90 Å². The number of nitrogens with zero attached hydrogens (tertiary/aromatic N) is 2. The fourth-order valence-electron chi connectivity index (χ4n) is 2.52. The molecule has 96 valence electrons. The quantitative estimate of drug-likeness (QED) is 0.697. The summed E-state index contributed by atoms with van der Waals surface area (Å²) in [5.41, 5.74) is 0. The Bertz CT molecular complexity index is 251. The van der Waals surface area contributed by atoms with Crippen molar-refractivity contribution in [3.05, 3.63) is 0 Å². The number of piperidine rings is 1. The van der Waals surface area contributed by atoms with Crippen LogP contribution in [0.15, 0.2) is 0 Å². The molecular weight excluding hydrogens is 216 g/mol. The lowest BCUT2D eigenvalue weighted by Gasteiger charge is -2.31. The lowest BCUT2D eigenvalue weighted by Crippen LogP contribution is -2.38. The second kappa shape index (κ2) is 6.95. The van der Waals surface area contributed by atoms with Crippen molar-refractivity contribution in [2.45, 2.75) is 44.3 Å². The van der Waals surface area contributed by atoms with E-state index in [4.69, 9.17) is 14.7 Å². The summed E-state index contributed by atoms with van der Waals surface area (Å²) in [6, 6.07) is 2.20. The predicted molar refractivity (Wildman–Crippen MR) is 64.6 cm³/mol. The average Bonchev–Trinajstić information content (AvgIpc) is 2.40. The van der Waals surface area contributed by atoms with Crippen molar-refractivity contribution in [3.63, 3.8) is 0 Å². The Morgan fingerprint density at radius 2 is 2.06 bits per heavy atom. The van der Waals surface area contributed by atoms with Gasteiger partial charge in [-0.25, -0.2) is 0 Å². The van der Waals surface area contributed by atoms with Gasteiger partial charge in [-0.05, 0) is 32.1 Å². The highest BCUT2D eigenvalue weighted by Gasteiger charge is 2.21. The van der Waals surface area contributed by atoms with Gasteiger partial charge in [0.05, 0.1) is 31.4 Å². The van der Waals surface area contributed by atoms with Crippen LogP contribution in [0.4, 0.5) is 0 Å². The first-order chi connectivity index (χ1) is 8.38. The summed E-state index contributed by atoms with van der Waals surface area (Å²) in [5.74, 6) is 0. The monoisotopic (exact) mass is 238 g/mol. The molecule has 0 radical (unpaired) electrons. The van der Waals surface area contributed by atoms with Gasteiger partial charge in [0.15, 0.2) is 0 Å². The SMILES string of the molecule is N#CCN1CCC(OC[C@@H]2CCCCO2)CC1. The molecule has 2 fully saturated rings. The Labute approximate surface area is 103 Å². The molecule has 4 heteroatoms. The maximum absolute atomic E-state index is 8.62. The first kappa shape index (κ1) is 12.8. The molecule has 4 nitrogen and oxygen atoms in total. The minimum atomic E-state index is 0.320. The van der Waals surface area contributed by atoms with Gasteiger partial charge in [0.1, 0.15) is 0 Å². The first-order valence-electron chi connectivity index (χ1n) is 6.71. The normalized spacial score (nSPS) is 27.8. The molecule has 0 aromatic heterocycles. The summed E-state index contributed by atoms with van der Waals surface area (Å²) >= 11 is 0. The zero-order valence-corrected chi connectivity index (χ0v) is 10.4. The number of likely N-dealkylation sites (tertiary alicyclic amines) is 1. The van der Waals surface area contributed by atoms with Gasteiger partial charge in [-0.15, -0.1) is 0 Å². The van der Waals surface area contributed by atoms with Crippen molar-refractivity contribution in [3.8, 4) is 6.07 Å². The molecule has 0 bridgehead atoms. The first-order valence-corrected chi connectivity index (χ1v) is 6.71. The van der Waals surface area contributed by atoms with E-state index < -0.39 is 0 Å². The van der Waals surface area contributed by atoms with Crippen LogP contribution < -0.4 is 0 Å². The molecule has 1 atom stereocenters. The molecule has 2 aliphatic heterocycles. The summed E-state index contributed by atoms with van der Waals surface area (Å²) in [4.78, 5) is 2.19. The van der Waals surface area contributed by atoms with Crippen LogP contribution >= 0.6 is 0 Å². The molecule has 0 saturated carbocycles. The van der Waals surface area contributed by atoms with Crippen LogP contribution in [-0.2, 0) is 9.47 Å². The summed E-state index contributed by atoms with van der Waals surface area (Å²) < 4.78 is 11.6. The van der Waals surface area contributed by atoms with E-state index in [0.29, 0.717) is 18.8 Å². The van der Waals surface area contributed by atoms with E-state index in [-0.39, 0.29) is 0 Å². The van der Waals surface area contributed by atoms with Crippen molar-refractivity contribution < 1.29 is 9.47 Å². The molecule has 17 heavy (non-hydrogen) atoms. The molecule has 0 amide bonds. The van der Waals surface area contributed by atoms with Gasteiger partial charge in [0.25, 0.3) is 0 Å². The molecule has 2 rings (SSSR count). The van der Waals surface area contributed by atoms with Crippen LogP contribution in [0.25, 0.3) is 0 Å². The molecular formula is C13H22N2O2. The molecule has 0 N–H and O–H groups in total. The minimum absolute atomic E-state index is 0.320. The van der Waals surface area contributed by atoms with Gasteiger partial charge in [-0.2, -0.15) is 5.26 Å². The lowest BCUT2D eigenvalue weighted by molar-refractivity contribution is -0.0743. The van der Waals surface area contributed by atoms with Crippen molar-refractivity contribution in [1.82, 2.24) is 4.90 Å². The Kier molecular flexibility index (Phi) is 5.24. The lowest BCUT2D eigenvalue weighted by atomic mass is 10.1. The van der Waals surface area contributed by atoms with E-state index in [1.807, 2.05) is 0 Å². The number of hydrogen-bond donors (Lipinski definition) is 0. The highest BCUT2D eigenvalue weighted by atomic mass is 16.5. The van der Waals surface area contributed by atoms with Crippen LogP contribution in [0.3, 0.4) is 0 Å². The van der Waals surface area contributed by atoms with E-state index in [9.17, 15) is 0 Å².